The van der Waals surface area contributed by atoms with E-state index in [0.29, 0.717) is 26.2 Å². The summed E-state index contributed by atoms with van der Waals surface area (Å²) < 4.78 is 5.36. The number of carboxylic acid groups (broad SMARTS) is 1. The number of fused-ring (bicyclic) bond motifs is 1. The van der Waals surface area contributed by atoms with Crippen LogP contribution in [0.25, 0.3) is 0 Å². The first-order chi connectivity index (χ1) is 10.0. The Balaban J connectivity index is 1.93. The van der Waals surface area contributed by atoms with Crippen LogP contribution in [0.1, 0.15) is 35.3 Å². The first kappa shape index (κ1) is 15.3. The average Bonchev–Trinajstić information content (AvgIpc) is 2.87. The monoisotopic (exact) mass is 292 g/mol. The zero-order valence-electron chi connectivity index (χ0n) is 12.3. The van der Waals surface area contributed by atoms with Crippen LogP contribution < -0.4 is 5.32 Å². The third-order valence-corrected chi connectivity index (χ3v) is 3.45. The minimum Gasteiger partial charge on any atom is -0.478 e. The molecule has 1 aliphatic rings. The lowest BCUT2D eigenvalue weighted by atomic mass is 10.1. The van der Waals surface area contributed by atoms with Crippen molar-refractivity contribution < 1.29 is 19.4 Å². The van der Waals surface area contributed by atoms with Gasteiger partial charge in [-0.3, -0.25) is 0 Å². The average molecular weight is 292 g/mol. The predicted molar refractivity (Wildman–Crippen MR) is 77.1 cm³/mol. The molecule has 1 unspecified atom stereocenters. The summed E-state index contributed by atoms with van der Waals surface area (Å²) in [4.78, 5) is 24.7. The second-order valence-corrected chi connectivity index (χ2v) is 5.10. The number of hydrogen-bond donors (Lipinski definition) is 2. The summed E-state index contributed by atoms with van der Waals surface area (Å²) in [5.41, 5.74) is 2.14. The van der Waals surface area contributed by atoms with Gasteiger partial charge < -0.3 is 20.1 Å². The highest BCUT2D eigenvalue weighted by atomic mass is 16.5. The molecule has 0 saturated heterocycles. The van der Waals surface area contributed by atoms with Gasteiger partial charge >= 0.3 is 12.0 Å². The van der Waals surface area contributed by atoms with Crippen LogP contribution in [0, 0.1) is 0 Å². The smallest absolute Gasteiger partial charge is 0.335 e. The van der Waals surface area contributed by atoms with Gasteiger partial charge in [0.05, 0.1) is 11.7 Å². The molecule has 0 spiro atoms. The molecule has 1 aromatic carbocycles. The van der Waals surface area contributed by atoms with E-state index in [1.807, 2.05) is 13.8 Å². The molecule has 1 aromatic rings. The van der Waals surface area contributed by atoms with Crippen LogP contribution in [0.4, 0.5) is 4.79 Å². The number of carbonyl (C=O) groups excluding carboxylic acids is 1. The Bertz CT molecular complexity index is 544. The van der Waals surface area contributed by atoms with Gasteiger partial charge in [-0.2, -0.15) is 0 Å². The molecular formula is C15H20N2O4. The number of carbonyl (C=O) groups is 2. The largest absolute Gasteiger partial charge is 0.478 e. The Morgan fingerprint density at radius 2 is 2.10 bits per heavy atom. The fraction of sp³-hybridized carbons (Fsp3) is 0.467. The number of urea groups is 1. The van der Waals surface area contributed by atoms with E-state index in [1.54, 1.807) is 23.1 Å². The van der Waals surface area contributed by atoms with E-state index in [0.717, 1.165) is 11.1 Å². The molecule has 1 aliphatic heterocycles. The number of nitrogens with zero attached hydrogens (tertiary/aromatic N) is 1. The summed E-state index contributed by atoms with van der Waals surface area (Å²) in [5.74, 6) is -0.953. The van der Waals surface area contributed by atoms with Gasteiger partial charge in [0, 0.05) is 26.2 Å². The highest BCUT2D eigenvalue weighted by Gasteiger charge is 2.24. The number of aromatic carboxylic acids is 1. The van der Waals surface area contributed by atoms with Gasteiger partial charge in [-0.05, 0) is 37.1 Å². The summed E-state index contributed by atoms with van der Waals surface area (Å²) in [6, 6.07) is 4.82. The van der Waals surface area contributed by atoms with Gasteiger partial charge in [-0.1, -0.05) is 6.07 Å². The van der Waals surface area contributed by atoms with E-state index in [9.17, 15) is 9.59 Å². The van der Waals surface area contributed by atoms with Crippen molar-refractivity contribution >= 4 is 12.0 Å². The summed E-state index contributed by atoms with van der Waals surface area (Å²) in [6.45, 7) is 5.83. The van der Waals surface area contributed by atoms with E-state index in [2.05, 4.69) is 5.32 Å². The van der Waals surface area contributed by atoms with Crippen LogP contribution in [0.3, 0.4) is 0 Å². The van der Waals surface area contributed by atoms with Gasteiger partial charge in [0.25, 0.3) is 0 Å². The molecule has 0 aliphatic carbocycles. The molecule has 0 saturated carbocycles. The van der Waals surface area contributed by atoms with Crippen LogP contribution in [-0.2, 0) is 17.8 Å². The topological polar surface area (TPSA) is 78.9 Å². The normalized spacial score (nSPS) is 14.7. The van der Waals surface area contributed by atoms with Gasteiger partial charge in [0.15, 0.2) is 0 Å². The second-order valence-electron chi connectivity index (χ2n) is 5.10. The standard InChI is InChI=1S/C15H20N2O4/c1-3-21-10(2)7-16-15(20)17-8-12-5-4-11(14(18)19)6-13(12)9-17/h4-6,10H,3,7-9H2,1-2H3,(H,16,20)(H,18,19). The van der Waals surface area contributed by atoms with Crippen LogP contribution in [-0.4, -0.2) is 41.3 Å². The van der Waals surface area contributed by atoms with Gasteiger partial charge in [0.1, 0.15) is 0 Å². The molecule has 2 rings (SSSR count). The molecule has 2 amide bonds. The fourth-order valence-corrected chi connectivity index (χ4v) is 2.36. The molecule has 114 valence electrons. The number of ether oxygens (including phenoxy) is 1. The number of rotatable bonds is 5. The minimum absolute atomic E-state index is 0.0254. The lowest BCUT2D eigenvalue weighted by molar-refractivity contribution is 0.0696. The Kier molecular flexibility index (Phi) is 4.80. The fourth-order valence-electron chi connectivity index (χ4n) is 2.36. The molecule has 0 bridgehead atoms. The van der Waals surface area contributed by atoms with E-state index in [4.69, 9.17) is 9.84 Å². The van der Waals surface area contributed by atoms with E-state index < -0.39 is 5.97 Å². The van der Waals surface area contributed by atoms with Crippen molar-refractivity contribution in [3.63, 3.8) is 0 Å². The van der Waals surface area contributed by atoms with Crippen molar-refractivity contribution in [1.29, 1.82) is 0 Å². The maximum Gasteiger partial charge on any atom is 0.335 e. The second kappa shape index (κ2) is 6.58. The zero-order valence-corrected chi connectivity index (χ0v) is 12.3. The quantitative estimate of drug-likeness (QED) is 0.868. The Morgan fingerprint density at radius 1 is 1.38 bits per heavy atom. The van der Waals surface area contributed by atoms with Gasteiger partial charge in [-0.25, -0.2) is 9.59 Å². The van der Waals surface area contributed by atoms with Crippen LogP contribution >= 0.6 is 0 Å². The third kappa shape index (κ3) is 3.72. The zero-order chi connectivity index (χ0) is 15.4. The predicted octanol–water partition coefficient (Wildman–Crippen LogP) is 1.83. The van der Waals surface area contributed by atoms with Crippen molar-refractivity contribution in [3.8, 4) is 0 Å². The maximum absolute atomic E-state index is 12.1. The number of benzene rings is 1. The van der Waals surface area contributed by atoms with Crippen molar-refractivity contribution in [3.05, 3.63) is 34.9 Å². The molecular weight excluding hydrogens is 272 g/mol. The summed E-state index contributed by atoms with van der Waals surface area (Å²) in [7, 11) is 0. The summed E-state index contributed by atoms with van der Waals surface area (Å²) >= 11 is 0. The minimum atomic E-state index is -0.953. The molecule has 1 heterocycles. The Morgan fingerprint density at radius 3 is 2.76 bits per heavy atom. The highest BCUT2D eigenvalue weighted by Crippen LogP contribution is 2.23. The number of carboxylic acids is 1. The molecule has 0 radical (unpaired) electrons. The lowest BCUT2D eigenvalue weighted by Crippen LogP contribution is -2.40. The Labute approximate surface area is 123 Å². The number of hydrogen-bond acceptors (Lipinski definition) is 3. The van der Waals surface area contributed by atoms with Crippen LogP contribution in [0.2, 0.25) is 0 Å². The lowest BCUT2D eigenvalue weighted by Gasteiger charge is -2.18. The van der Waals surface area contributed by atoms with Crippen LogP contribution in [0.5, 0.6) is 0 Å². The molecule has 0 fully saturated rings. The third-order valence-electron chi connectivity index (χ3n) is 3.45. The van der Waals surface area contributed by atoms with Crippen LogP contribution in [0.15, 0.2) is 18.2 Å². The number of amides is 2. The van der Waals surface area contributed by atoms with E-state index >= 15 is 0 Å². The first-order valence-corrected chi connectivity index (χ1v) is 7.00. The first-order valence-electron chi connectivity index (χ1n) is 7.00. The van der Waals surface area contributed by atoms with E-state index in [1.165, 1.54) is 0 Å². The highest BCUT2D eigenvalue weighted by molar-refractivity contribution is 5.88. The van der Waals surface area contributed by atoms with E-state index in [-0.39, 0.29) is 17.7 Å². The number of nitrogens with one attached hydrogen (secondary N) is 1. The summed E-state index contributed by atoms with van der Waals surface area (Å²) in [6.07, 6.45) is -0.0254. The van der Waals surface area contributed by atoms with Crippen molar-refractivity contribution in [2.45, 2.75) is 33.0 Å². The SMILES string of the molecule is CCOC(C)CNC(=O)N1Cc2ccc(C(=O)O)cc2C1. The van der Waals surface area contributed by atoms with Crippen molar-refractivity contribution in [2.75, 3.05) is 13.2 Å². The molecule has 0 aromatic heterocycles. The molecule has 6 nitrogen and oxygen atoms in total. The van der Waals surface area contributed by atoms with Gasteiger partial charge in [0.2, 0.25) is 0 Å². The molecule has 21 heavy (non-hydrogen) atoms. The molecule has 1 atom stereocenters. The molecule has 6 heteroatoms. The van der Waals surface area contributed by atoms with Crippen molar-refractivity contribution in [2.24, 2.45) is 0 Å². The molecule has 2 N–H and O–H groups in total. The Hall–Kier alpha value is -2.08. The maximum atomic E-state index is 12.1. The summed E-state index contributed by atoms with van der Waals surface area (Å²) in [5, 5.41) is 11.8. The van der Waals surface area contributed by atoms with Crippen molar-refractivity contribution in [1.82, 2.24) is 10.2 Å². The van der Waals surface area contributed by atoms with Gasteiger partial charge in [-0.15, -0.1) is 0 Å².